The van der Waals surface area contributed by atoms with E-state index in [4.69, 9.17) is 4.74 Å². The van der Waals surface area contributed by atoms with Gasteiger partial charge in [0.05, 0.1) is 25.0 Å². The number of rotatable bonds is 2. The second-order valence-electron chi connectivity index (χ2n) is 4.43. The summed E-state index contributed by atoms with van der Waals surface area (Å²) in [4.78, 5) is 8.44. The summed E-state index contributed by atoms with van der Waals surface area (Å²) < 4.78 is 18.8. The van der Waals surface area contributed by atoms with Crippen LogP contribution in [0, 0.1) is 17.1 Å². The molecule has 5 heteroatoms. The Labute approximate surface area is 109 Å². The van der Waals surface area contributed by atoms with E-state index in [1.807, 2.05) is 0 Å². The molecule has 0 N–H and O–H groups in total. The molecular formula is C14H10FN3O. The number of nitrogens with zero attached hydrogens (tertiary/aromatic N) is 3. The van der Waals surface area contributed by atoms with Crippen molar-refractivity contribution < 1.29 is 9.13 Å². The fourth-order valence-corrected chi connectivity index (χ4v) is 1.96. The predicted octanol–water partition coefficient (Wildman–Crippen LogP) is 2.07. The van der Waals surface area contributed by atoms with E-state index < -0.39 is 5.41 Å². The van der Waals surface area contributed by atoms with Crippen molar-refractivity contribution in [1.82, 2.24) is 9.97 Å². The number of nitriles is 1. The molecule has 2 heterocycles. The molecule has 0 unspecified atom stereocenters. The van der Waals surface area contributed by atoms with E-state index in [1.54, 1.807) is 30.5 Å². The van der Waals surface area contributed by atoms with E-state index in [0.717, 1.165) is 0 Å². The van der Waals surface area contributed by atoms with Crippen LogP contribution >= 0.6 is 0 Å². The molecule has 0 atom stereocenters. The van der Waals surface area contributed by atoms with E-state index in [2.05, 4.69) is 16.0 Å². The minimum Gasteiger partial charge on any atom is -0.377 e. The monoisotopic (exact) mass is 255 g/mol. The van der Waals surface area contributed by atoms with Gasteiger partial charge in [-0.3, -0.25) is 0 Å². The third-order valence-corrected chi connectivity index (χ3v) is 3.14. The fourth-order valence-electron chi connectivity index (χ4n) is 1.96. The lowest BCUT2D eigenvalue weighted by atomic mass is 9.87. The maximum absolute atomic E-state index is 13.7. The Morgan fingerprint density at radius 2 is 2.05 bits per heavy atom. The van der Waals surface area contributed by atoms with Gasteiger partial charge >= 0.3 is 0 Å². The molecule has 1 aromatic heterocycles. The number of halogens is 1. The highest BCUT2D eigenvalue weighted by atomic mass is 19.1. The molecule has 0 saturated carbocycles. The molecule has 0 radical (unpaired) electrons. The molecule has 0 amide bonds. The Morgan fingerprint density at radius 3 is 2.68 bits per heavy atom. The van der Waals surface area contributed by atoms with Crippen LogP contribution in [0.15, 0.2) is 36.5 Å². The van der Waals surface area contributed by atoms with Gasteiger partial charge in [0.25, 0.3) is 0 Å². The zero-order valence-corrected chi connectivity index (χ0v) is 10.0. The average Bonchev–Trinajstić information content (AvgIpc) is 2.39. The third-order valence-electron chi connectivity index (χ3n) is 3.14. The highest BCUT2D eigenvalue weighted by Gasteiger charge is 2.43. The molecule has 2 aromatic rings. The molecule has 0 bridgehead atoms. The number of ether oxygens (including phenoxy) is 1. The second kappa shape index (κ2) is 4.41. The van der Waals surface area contributed by atoms with E-state index in [9.17, 15) is 9.65 Å². The summed E-state index contributed by atoms with van der Waals surface area (Å²) in [6, 6.07) is 10.2. The number of aromatic nitrogens is 2. The van der Waals surface area contributed by atoms with Crippen molar-refractivity contribution >= 4 is 0 Å². The number of hydrogen-bond acceptors (Lipinski definition) is 4. The minimum atomic E-state index is -0.790. The van der Waals surface area contributed by atoms with Gasteiger partial charge < -0.3 is 4.74 Å². The normalized spacial score (nSPS) is 16.4. The second-order valence-corrected chi connectivity index (χ2v) is 4.43. The summed E-state index contributed by atoms with van der Waals surface area (Å²) in [5.74, 6) is 0.0463. The largest absolute Gasteiger partial charge is 0.377 e. The minimum absolute atomic E-state index is 0.282. The van der Waals surface area contributed by atoms with Crippen LogP contribution in [0.4, 0.5) is 4.39 Å². The van der Waals surface area contributed by atoms with Crippen molar-refractivity contribution in [1.29, 1.82) is 5.26 Å². The molecule has 0 spiro atoms. The maximum atomic E-state index is 13.7. The summed E-state index contributed by atoms with van der Waals surface area (Å²) in [5, 5.41) is 9.22. The van der Waals surface area contributed by atoms with E-state index in [-0.39, 0.29) is 19.0 Å². The molecule has 0 aliphatic carbocycles. The first kappa shape index (κ1) is 11.8. The van der Waals surface area contributed by atoms with Gasteiger partial charge in [0.1, 0.15) is 5.82 Å². The van der Waals surface area contributed by atoms with Crippen LogP contribution < -0.4 is 0 Å². The Morgan fingerprint density at radius 1 is 1.26 bits per heavy atom. The Kier molecular flexibility index (Phi) is 2.73. The van der Waals surface area contributed by atoms with Crippen LogP contribution in [0.3, 0.4) is 0 Å². The van der Waals surface area contributed by atoms with Crippen LogP contribution in [0.2, 0.25) is 0 Å². The standard InChI is InChI=1S/C14H10FN3O/c15-11-4-2-1-3-10(11)12-5-6-17-13(18-12)14(7-16)8-19-9-14/h1-6H,8-9H2. The van der Waals surface area contributed by atoms with Gasteiger partial charge in [-0.25, -0.2) is 14.4 Å². The fraction of sp³-hybridized carbons (Fsp3) is 0.214. The van der Waals surface area contributed by atoms with E-state index in [1.165, 1.54) is 6.07 Å². The van der Waals surface area contributed by atoms with Crippen molar-refractivity contribution in [2.24, 2.45) is 0 Å². The molecular weight excluding hydrogens is 245 g/mol. The van der Waals surface area contributed by atoms with Crippen molar-refractivity contribution in [2.45, 2.75) is 5.41 Å². The van der Waals surface area contributed by atoms with Crippen LogP contribution in [0.25, 0.3) is 11.3 Å². The van der Waals surface area contributed by atoms with Gasteiger partial charge in [-0.15, -0.1) is 0 Å². The van der Waals surface area contributed by atoms with Crippen LogP contribution in [-0.2, 0) is 10.2 Å². The highest BCUT2D eigenvalue weighted by molar-refractivity contribution is 5.59. The maximum Gasteiger partial charge on any atom is 0.163 e. The van der Waals surface area contributed by atoms with Gasteiger partial charge in [0.15, 0.2) is 11.2 Å². The molecule has 19 heavy (non-hydrogen) atoms. The third kappa shape index (κ3) is 1.86. The van der Waals surface area contributed by atoms with Crippen molar-refractivity contribution in [3.05, 3.63) is 48.2 Å². The van der Waals surface area contributed by atoms with Gasteiger partial charge in [-0.1, -0.05) is 12.1 Å². The molecule has 3 rings (SSSR count). The molecule has 1 aliphatic rings. The van der Waals surface area contributed by atoms with E-state index >= 15 is 0 Å². The Hall–Kier alpha value is -2.32. The van der Waals surface area contributed by atoms with Crippen LogP contribution in [0.1, 0.15) is 5.82 Å². The summed E-state index contributed by atoms with van der Waals surface area (Å²) in [5.41, 5.74) is 0.0884. The first-order valence-corrected chi connectivity index (χ1v) is 5.83. The first-order valence-electron chi connectivity index (χ1n) is 5.83. The van der Waals surface area contributed by atoms with Crippen molar-refractivity contribution in [2.75, 3.05) is 13.2 Å². The predicted molar refractivity (Wildman–Crippen MR) is 65.5 cm³/mol. The molecule has 1 saturated heterocycles. The summed E-state index contributed by atoms with van der Waals surface area (Å²) in [6.45, 7) is 0.564. The van der Waals surface area contributed by atoms with Gasteiger partial charge in [0.2, 0.25) is 0 Å². The zero-order valence-electron chi connectivity index (χ0n) is 10.0. The summed E-state index contributed by atoms with van der Waals surface area (Å²) >= 11 is 0. The average molecular weight is 255 g/mol. The molecule has 1 aliphatic heterocycles. The summed E-state index contributed by atoms with van der Waals surface area (Å²) in [7, 11) is 0. The van der Waals surface area contributed by atoms with Crippen LogP contribution in [-0.4, -0.2) is 23.2 Å². The SMILES string of the molecule is N#CC1(c2nccc(-c3ccccc3F)n2)COC1. The summed E-state index contributed by atoms with van der Waals surface area (Å²) in [6.07, 6.45) is 1.54. The molecule has 1 fully saturated rings. The van der Waals surface area contributed by atoms with Crippen LogP contribution in [0.5, 0.6) is 0 Å². The van der Waals surface area contributed by atoms with E-state index in [0.29, 0.717) is 17.1 Å². The zero-order chi connectivity index (χ0) is 13.3. The van der Waals surface area contributed by atoms with Gasteiger partial charge in [0, 0.05) is 11.8 Å². The van der Waals surface area contributed by atoms with Gasteiger partial charge in [-0.05, 0) is 18.2 Å². The lowest BCUT2D eigenvalue weighted by molar-refractivity contribution is -0.0338. The molecule has 4 nitrogen and oxygen atoms in total. The quantitative estimate of drug-likeness (QED) is 0.824. The Balaban J connectivity index is 2.07. The number of hydrogen-bond donors (Lipinski definition) is 0. The molecule has 94 valence electrons. The highest BCUT2D eigenvalue weighted by Crippen LogP contribution is 2.30. The van der Waals surface area contributed by atoms with Crippen molar-refractivity contribution in [3.8, 4) is 17.3 Å². The molecule has 1 aromatic carbocycles. The first-order chi connectivity index (χ1) is 9.25. The lowest BCUT2D eigenvalue weighted by Crippen LogP contribution is -2.46. The Bertz CT molecular complexity index is 662. The lowest BCUT2D eigenvalue weighted by Gasteiger charge is -2.33. The van der Waals surface area contributed by atoms with Gasteiger partial charge in [-0.2, -0.15) is 5.26 Å². The smallest absolute Gasteiger partial charge is 0.163 e. The topological polar surface area (TPSA) is 58.8 Å². The van der Waals surface area contributed by atoms with Crippen molar-refractivity contribution in [3.63, 3.8) is 0 Å². The number of benzene rings is 1.